The summed E-state index contributed by atoms with van der Waals surface area (Å²) >= 11 is 5.98. The smallest absolute Gasteiger partial charge is 0.0446 e. The zero-order valence-electron chi connectivity index (χ0n) is 6.95. The van der Waals surface area contributed by atoms with Crippen LogP contribution in [0.15, 0.2) is 12.1 Å². The van der Waals surface area contributed by atoms with E-state index >= 15 is 0 Å². The highest BCUT2D eigenvalue weighted by atomic mass is 35.5. The van der Waals surface area contributed by atoms with Gasteiger partial charge in [0.1, 0.15) is 0 Å². The lowest BCUT2D eigenvalue weighted by Gasteiger charge is -2.01. The van der Waals surface area contributed by atoms with Gasteiger partial charge in [-0.2, -0.15) is 0 Å². The number of benzene rings is 1. The van der Waals surface area contributed by atoms with Crippen LogP contribution in [0.4, 0.5) is 0 Å². The highest BCUT2D eigenvalue weighted by Gasteiger charge is 1.98. The molecule has 1 aromatic rings. The summed E-state index contributed by atoms with van der Waals surface area (Å²) in [6, 6.07) is 7.22. The van der Waals surface area contributed by atoms with Gasteiger partial charge >= 0.3 is 0 Å². The summed E-state index contributed by atoms with van der Waals surface area (Å²) < 4.78 is 0. The van der Waals surface area contributed by atoms with Gasteiger partial charge in [-0.3, -0.25) is 0 Å². The van der Waals surface area contributed by atoms with Gasteiger partial charge in [0.2, 0.25) is 0 Å². The van der Waals surface area contributed by atoms with Crippen molar-refractivity contribution in [3.8, 4) is 0 Å². The van der Waals surface area contributed by atoms with Crippen LogP contribution in [0.5, 0.6) is 0 Å². The lowest BCUT2D eigenvalue weighted by Crippen LogP contribution is -1.85. The Hall–Kier alpha value is -0.490. The van der Waals surface area contributed by atoms with Gasteiger partial charge in [0, 0.05) is 5.02 Å². The standard InChI is InChI=1S/C10H12Cl/c1-3-8-5-6-9(4-2)10(11)7-8/h5,7H,3-4H2,1-2H3. The molecule has 0 aliphatic carbocycles. The van der Waals surface area contributed by atoms with Crippen molar-refractivity contribution in [2.75, 3.05) is 0 Å². The Morgan fingerprint density at radius 2 is 2.09 bits per heavy atom. The van der Waals surface area contributed by atoms with Crippen molar-refractivity contribution >= 4 is 11.6 Å². The van der Waals surface area contributed by atoms with Crippen molar-refractivity contribution in [3.05, 3.63) is 34.3 Å². The Kier molecular flexibility index (Phi) is 2.95. The second-order valence-corrected chi connectivity index (χ2v) is 2.95. The second-order valence-electron chi connectivity index (χ2n) is 2.54. The molecule has 1 rings (SSSR count). The fraction of sp³-hybridized carbons (Fsp3) is 0.400. The van der Waals surface area contributed by atoms with Crippen LogP contribution in [0.2, 0.25) is 5.02 Å². The monoisotopic (exact) mass is 167 g/mol. The third-order valence-corrected chi connectivity index (χ3v) is 2.13. The predicted octanol–water partition coefficient (Wildman–Crippen LogP) is 3.26. The number of hydrogen-bond donors (Lipinski definition) is 0. The fourth-order valence-corrected chi connectivity index (χ4v) is 1.34. The zero-order valence-corrected chi connectivity index (χ0v) is 7.70. The topological polar surface area (TPSA) is 0 Å². The molecule has 0 aromatic heterocycles. The molecule has 0 N–H and O–H groups in total. The van der Waals surface area contributed by atoms with Gasteiger partial charge in [-0.15, -0.1) is 0 Å². The molecule has 0 nitrogen and oxygen atoms in total. The summed E-state index contributed by atoms with van der Waals surface area (Å²) in [4.78, 5) is 0. The molecule has 0 spiro atoms. The van der Waals surface area contributed by atoms with Gasteiger partial charge < -0.3 is 0 Å². The van der Waals surface area contributed by atoms with Gasteiger partial charge in [-0.25, -0.2) is 0 Å². The van der Waals surface area contributed by atoms with Crippen molar-refractivity contribution in [2.24, 2.45) is 0 Å². The van der Waals surface area contributed by atoms with E-state index < -0.39 is 0 Å². The summed E-state index contributed by atoms with van der Waals surface area (Å²) in [6.07, 6.45) is 1.99. The third-order valence-electron chi connectivity index (χ3n) is 1.79. The van der Waals surface area contributed by atoms with Crippen LogP contribution < -0.4 is 0 Å². The molecule has 1 radical (unpaired) electrons. The van der Waals surface area contributed by atoms with E-state index in [2.05, 4.69) is 19.9 Å². The van der Waals surface area contributed by atoms with Crippen molar-refractivity contribution in [2.45, 2.75) is 26.7 Å². The molecule has 0 bridgehead atoms. The molecule has 0 aliphatic heterocycles. The van der Waals surface area contributed by atoms with Crippen molar-refractivity contribution in [1.29, 1.82) is 0 Å². The van der Waals surface area contributed by atoms with E-state index in [1.165, 1.54) is 5.56 Å². The summed E-state index contributed by atoms with van der Waals surface area (Å²) in [5, 5.41) is 0.854. The van der Waals surface area contributed by atoms with Gasteiger partial charge in [0.25, 0.3) is 0 Å². The first-order valence-electron chi connectivity index (χ1n) is 3.97. The second kappa shape index (κ2) is 3.77. The Morgan fingerprint density at radius 1 is 1.36 bits per heavy atom. The molecule has 0 unspecified atom stereocenters. The lowest BCUT2D eigenvalue weighted by atomic mass is 10.1. The van der Waals surface area contributed by atoms with E-state index in [1.54, 1.807) is 0 Å². The zero-order chi connectivity index (χ0) is 8.27. The molecule has 1 aromatic carbocycles. The minimum atomic E-state index is 0.854. The maximum absolute atomic E-state index is 5.98. The third kappa shape index (κ3) is 1.97. The predicted molar refractivity (Wildman–Crippen MR) is 49.0 cm³/mol. The molecule has 0 saturated carbocycles. The molecule has 0 heterocycles. The maximum Gasteiger partial charge on any atom is 0.0446 e. The van der Waals surface area contributed by atoms with Gasteiger partial charge in [0.05, 0.1) is 0 Å². The minimum Gasteiger partial charge on any atom is -0.0840 e. The number of aryl methyl sites for hydroxylation is 2. The van der Waals surface area contributed by atoms with E-state index in [0.29, 0.717) is 0 Å². The van der Waals surface area contributed by atoms with Gasteiger partial charge in [-0.05, 0) is 36.1 Å². The van der Waals surface area contributed by atoms with Crippen LogP contribution in [0.25, 0.3) is 0 Å². The molecule has 0 aliphatic rings. The van der Waals surface area contributed by atoms with Crippen LogP contribution in [0.1, 0.15) is 25.0 Å². The lowest BCUT2D eigenvalue weighted by molar-refractivity contribution is 1.10. The summed E-state index contributed by atoms with van der Waals surface area (Å²) in [5.41, 5.74) is 2.37. The minimum absolute atomic E-state index is 0.854. The highest BCUT2D eigenvalue weighted by Crippen LogP contribution is 2.17. The molecule has 0 fully saturated rings. The average Bonchev–Trinajstić information content (AvgIpc) is 2.04. The van der Waals surface area contributed by atoms with E-state index in [4.69, 9.17) is 11.6 Å². The quantitative estimate of drug-likeness (QED) is 0.635. The van der Waals surface area contributed by atoms with Crippen LogP contribution in [0.3, 0.4) is 0 Å². The summed E-state index contributed by atoms with van der Waals surface area (Å²) in [7, 11) is 0. The molecular weight excluding hydrogens is 156 g/mol. The summed E-state index contributed by atoms with van der Waals surface area (Å²) in [5.74, 6) is 0. The molecule has 0 amide bonds. The van der Waals surface area contributed by atoms with Crippen LogP contribution in [-0.4, -0.2) is 0 Å². The van der Waals surface area contributed by atoms with Crippen LogP contribution in [0, 0.1) is 6.07 Å². The largest absolute Gasteiger partial charge is 0.0840 e. The summed E-state index contributed by atoms with van der Waals surface area (Å²) in [6.45, 7) is 4.20. The van der Waals surface area contributed by atoms with E-state index in [9.17, 15) is 0 Å². The number of hydrogen-bond acceptors (Lipinski definition) is 0. The Balaban J connectivity index is 2.99. The van der Waals surface area contributed by atoms with Crippen LogP contribution >= 0.6 is 11.6 Å². The Labute approximate surface area is 73.2 Å². The first kappa shape index (κ1) is 8.61. The fourth-order valence-electron chi connectivity index (χ4n) is 1.02. The number of rotatable bonds is 2. The molecule has 0 atom stereocenters. The highest BCUT2D eigenvalue weighted by molar-refractivity contribution is 6.31. The SMILES string of the molecule is CCc1c[c]c(CC)c(Cl)c1. The molecule has 1 heteroatoms. The van der Waals surface area contributed by atoms with E-state index in [0.717, 1.165) is 23.4 Å². The first-order chi connectivity index (χ1) is 5.27. The van der Waals surface area contributed by atoms with Crippen molar-refractivity contribution in [3.63, 3.8) is 0 Å². The van der Waals surface area contributed by atoms with Gasteiger partial charge in [0.15, 0.2) is 0 Å². The number of halogens is 1. The van der Waals surface area contributed by atoms with Gasteiger partial charge in [-0.1, -0.05) is 31.5 Å². The normalized spacial score (nSPS) is 10.1. The Morgan fingerprint density at radius 3 is 2.55 bits per heavy atom. The van der Waals surface area contributed by atoms with E-state index in [-0.39, 0.29) is 0 Å². The molecular formula is C10H12Cl. The Bertz CT molecular complexity index is 241. The first-order valence-corrected chi connectivity index (χ1v) is 4.34. The van der Waals surface area contributed by atoms with Crippen LogP contribution in [-0.2, 0) is 12.8 Å². The average molecular weight is 168 g/mol. The van der Waals surface area contributed by atoms with Crippen molar-refractivity contribution < 1.29 is 0 Å². The van der Waals surface area contributed by atoms with Crippen molar-refractivity contribution in [1.82, 2.24) is 0 Å². The molecule has 11 heavy (non-hydrogen) atoms. The molecule has 0 saturated heterocycles. The molecule has 59 valence electrons. The van der Waals surface area contributed by atoms with E-state index in [1.807, 2.05) is 12.1 Å². The maximum atomic E-state index is 5.98.